The van der Waals surface area contributed by atoms with Crippen molar-refractivity contribution in [2.75, 3.05) is 6.61 Å². The SMILES string of the molecule is CCC(CO)NC1CC(C)(C)CC1C. The Balaban J connectivity index is 2.45. The Morgan fingerprint density at radius 2 is 2.07 bits per heavy atom. The molecule has 2 heteroatoms. The minimum atomic E-state index is 0.264. The predicted octanol–water partition coefficient (Wildman–Crippen LogP) is 2.17. The van der Waals surface area contributed by atoms with Crippen LogP contribution in [0.5, 0.6) is 0 Å². The van der Waals surface area contributed by atoms with Crippen molar-refractivity contribution in [2.45, 2.75) is 59.0 Å². The van der Waals surface area contributed by atoms with Crippen molar-refractivity contribution in [3.8, 4) is 0 Å². The molecule has 3 unspecified atom stereocenters. The number of aliphatic hydroxyl groups is 1. The average Bonchev–Trinajstić information content (AvgIpc) is 2.35. The van der Waals surface area contributed by atoms with Crippen molar-refractivity contribution in [1.82, 2.24) is 5.32 Å². The van der Waals surface area contributed by atoms with Crippen molar-refractivity contribution in [2.24, 2.45) is 11.3 Å². The van der Waals surface area contributed by atoms with Gasteiger partial charge in [-0.1, -0.05) is 27.7 Å². The summed E-state index contributed by atoms with van der Waals surface area (Å²) in [4.78, 5) is 0. The van der Waals surface area contributed by atoms with Gasteiger partial charge in [-0.25, -0.2) is 0 Å². The van der Waals surface area contributed by atoms with Crippen LogP contribution in [-0.4, -0.2) is 23.8 Å². The fourth-order valence-electron chi connectivity index (χ4n) is 2.72. The highest BCUT2D eigenvalue weighted by Gasteiger charge is 2.36. The summed E-state index contributed by atoms with van der Waals surface area (Å²) < 4.78 is 0. The molecule has 0 saturated heterocycles. The zero-order valence-corrected chi connectivity index (χ0v) is 10.0. The van der Waals surface area contributed by atoms with Crippen molar-refractivity contribution >= 4 is 0 Å². The van der Waals surface area contributed by atoms with Gasteiger partial charge in [0.25, 0.3) is 0 Å². The van der Waals surface area contributed by atoms with Gasteiger partial charge in [0.15, 0.2) is 0 Å². The lowest BCUT2D eigenvalue weighted by atomic mass is 9.91. The fraction of sp³-hybridized carbons (Fsp3) is 1.00. The van der Waals surface area contributed by atoms with E-state index in [0.29, 0.717) is 11.5 Å². The second-order valence-corrected chi connectivity index (χ2v) is 5.61. The maximum atomic E-state index is 9.14. The highest BCUT2D eigenvalue weighted by Crippen LogP contribution is 2.40. The molecule has 0 bridgehead atoms. The highest BCUT2D eigenvalue weighted by molar-refractivity contribution is 4.92. The van der Waals surface area contributed by atoms with E-state index in [1.165, 1.54) is 12.8 Å². The van der Waals surface area contributed by atoms with Gasteiger partial charge in [0.05, 0.1) is 6.61 Å². The third-order valence-corrected chi connectivity index (χ3v) is 3.50. The summed E-state index contributed by atoms with van der Waals surface area (Å²) >= 11 is 0. The molecular formula is C12H25NO. The normalized spacial score (nSPS) is 33.2. The van der Waals surface area contributed by atoms with Gasteiger partial charge in [-0.15, -0.1) is 0 Å². The van der Waals surface area contributed by atoms with Crippen LogP contribution in [0.2, 0.25) is 0 Å². The van der Waals surface area contributed by atoms with E-state index in [2.05, 4.69) is 33.0 Å². The van der Waals surface area contributed by atoms with Crippen LogP contribution in [0.15, 0.2) is 0 Å². The van der Waals surface area contributed by atoms with E-state index < -0.39 is 0 Å². The van der Waals surface area contributed by atoms with E-state index in [4.69, 9.17) is 5.11 Å². The molecule has 84 valence electrons. The molecule has 0 spiro atoms. The molecule has 1 aliphatic rings. The lowest BCUT2D eigenvalue weighted by Gasteiger charge is -2.23. The number of hydrogen-bond donors (Lipinski definition) is 2. The quantitative estimate of drug-likeness (QED) is 0.727. The first-order valence-electron chi connectivity index (χ1n) is 5.85. The summed E-state index contributed by atoms with van der Waals surface area (Å²) in [7, 11) is 0. The van der Waals surface area contributed by atoms with Crippen LogP contribution in [0.25, 0.3) is 0 Å². The van der Waals surface area contributed by atoms with Crippen LogP contribution in [0.1, 0.15) is 47.0 Å². The molecule has 0 aromatic heterocycles. The molecule has 1 saturated carbocycles. The molecule has 0 heterocycles. The lowest BCUT2D eigenvalue weighted by molar-refractivity contribution is 0.218. The van der Waals surface area contributed by atoms with Crippen LogP contribution in [0.3, 0.4) is 0 Å². The van der Waals surface area contributed by atoms with Crippen molar-refractivity contribution in [3.63, 3.8) is 0 Å². The van der Waals surface area contributed by atoms with Gasteiger partial charge in [-0.2, -0.15) is 0 Å². The number of nitrogens with one attached hydrogen (secondary N) is 1. The van der Waals surface area contributed by atoms with Crippen LogP contribution < -0.4 is 5.32 Å². The maximum absolute atomic E-state index is 9.14. The largest absolute Gasteiger partial charge is 0.395 e. The summed E-state index contributed by atoms with van der Waals surface area (Å²) in [6, 6.07) is 0.887. The topological polar surface area (TPSA) is 32.3 Å². The van der Waals surface area contributed by atoms with Crippen molar-refractivity contribution < 1.29 is 5.11 Å². The number of aliphatic hydroxyl groups excluding tert-OH is 1. The van der Waals surface area contributed by atoms with Gasteiger partial charge >= 0.3 is 0 Å². The summed E-state index contributed by atoms with van der Waals surface area (Å²) in [6.45, 7) is 9.38. The van der Waals surface area contributed by atoms with E-state index in [1.807, 2.05) is 0 Å². The zero-order valence-electron chi connectivity index (χ0n) is 10.0. The number of rotatable bonds is 4. The van der Waals surface area contributed by atoms with Crippen molar-refractivity contribution in [1.29, 1.82) is 0 Å². The molecule has 2 nitrogen and oxygen atoms in total. The fourth-order valence-corrected chi connectivity index (χ4v) is 2.72. The number of hydrogen-bond acceptors (Lipinski definition) is 2. The Kier molecular flexibility index (Phi) is 3.96. The van der Waals surface area contributed by atoms with E-state index in [-0.39, 0.29) is 12.6 Å². The lowest BCUT2D eigenvalue weighted by Crippen LogP contribution is -2.41. The van der Waals surface area contributed by atoms with Gasteiger partial charge in [-0.3, -0.25) is 0 Å². The molecule has 0 radical (unpaired) electrons. The third kappa shape index (κ3) is 2.96. The molecule has 1 aliphatic carbocycles. The minimum Gasteiger partial charge on any atom is -0.395 e. The second kappa shape index (κ2) is 4.63. The first kappa shape index (κ1) is 12.0. The van der Waals surface area contributed by atoms with Crippen LogP contribution >= 0.6 is 0 Å². The summed E-state index contributed by atoms with van der Waals surface area (Å²) in [6.07, 6.45) is 3.55. The Bertz CT molecular complexity index is 175. The molecule has 14 heavy (non-hydrogen) atoms. The predicted molar refractivity (Wildman–Crippen MR) is 60.3 cm³/mol. The standard InChI is InChI=1S/C12H25NO/c1-5-10(8-14)13-11-7-12(3,4)6-9(11)2/h9-11,13-14H,5-8H2,1-4H3. The van der Waals surface area contributed by atoms with Crippen LogP contribution in [0, 0.1) is 11.3 Å². The van der Waals surface area contributed by atoms with Gasteiger partial charge in [0.1, 0.15) is 0 Å². The second-order valence-electron chi connectivity index (χ2n) is 5.61. The molecule has 1 rings (SSSR count). The van der Waals surface area contributed by atoms with Gasteiger partial charge in [-0.05, 0) is 30.6 Å². The van der Waals surface area contributed by atoms with Crippen molar-refractivity contribution in [3.05, 3.63) is 0 Å². The summed E-state index contributed by atoms with van der Waals surface area (Å²) in [5.74, 6) is 0.741. The van der Waals surface area contributed by atoms with E-state index >= 15 is 0 Å². The Hall–Kier alpha value is -0.0800. The van der Waals surface area contributed by atoms with E-state index in [0.717, 1.165) is 12.3 Å². The molecule has 0 aliphatic heterocycles. The van der Waals surface area contributed by atoms with Crippen LogP contribution in [0.4, 0.5) is 0 Å². The van der Waals surface area contributed by atoms with E-state index in [9.17, 15) is 0 Å². The maximum Gasteiger partial charge on any atom is 0.0584 e. The van der Waals surface area contributed by atoms with Crippen LogP contribution in [-0.2, 0) is 0 Å². The minimum absolute atomic E-state index is 0.264. The summed E-state index contributed by atoms with van der Waals surface area (Å²) in [5.41, 5.74) is 0.477. The zero-order chi connectivity index (χ0) is 10.8. The third-order valence-electron chi connectivity index (χ3n) is 3.50. The molecule has 2 N–H and O–H groups in total. The Morgan fingerprint density at radius 3 is 2.43 bits per heavy atom. The van der Waals surface area contributed by atoms with E-state index in [1.54, 1.807) is 0 Å². The van der Waals surface area contributed by atoms with Gasteiger partial charge in [0.2, 0.25) is 0 Å². The average molecular weight is 199 g/mol. The molecular weight excluding hydrogens is 174 g/mol. The Morgan fingerprint density at radius 1 is 1.43 bits per heavy atom. The molecule has 0 aromatic rings. The van der Waals surface area contributed by atoms with Gasteiger partial charge < -0.3 is 10.4 Å². The molecule has 0 amide bonds. The summed E-state index contributed by atoms with van der Waals surface area (Å²) in [5, 5.41) is 12.7. The molecule has 3 atom stereocenters. The highest BCUT2D eigenvalue weighted by atomic mass is 16.3. The molecule has 1 fully saturated rings. The molecule has 0 aromatic carbocycles. The monoisotopic (exact) mass is 199 g/mol. The van der Waals surface area contributed by atoms with Gasteiger partial charge in [0, 0.05) is 12.1 Å². The first-order valence-corrected chi connectivity index (χ1v) is 5.85. The Labute approximate surface area is 88.1 Å². The first-order chi connectivity index (χ1) is 6.48. The smallest absolute Gasteiger partial charge is 0.0584 e.